The van der Waals surface area contributed by atoms with Crippen LogP contribution in [-0.2, 0) is 26.6 Å². The second kappa shape index (κ2) is 10.2. The number of nitrogens with zero attached hydrogens (tertiary/aromatic N) is 1. The molecular weight excluding hydrogens is 420 g/mol. The van der Waals surface area contributed by atoms with E-state index in [1.165, 1.54) is 6.07 Å². The number of hydrogen-bond donors (Lipinski definition) is 0. The lowest BCUT2D eigenvalue weighted by molar-refractivity contribution is 0.211. The van der Waals surface area contributed by atoms with Gasteiger partial charge in [0.15, 0.2) is 0 Å². The summed E-state index contributed by atoms with van der Waals surface area (Å²) in [5.41, 5.74) is 1.03. The van der Waals surface area contributed by atoms with E-state index in [-0.39, 0.29) is 25.5 Å². The van der Waals surface area contributed by atoms with E-state index in [2.05, 4.69) is 17.0 Å². The Bertz CT molecular complexity index is 1030. The highest BCUT2D eigenvalue weighted by molar-refractivity contribution is 7.54. The lowest BCUT2D eigenvalue weighted by Gasteiger charge is -2.27. The summed E-state index contributed by atoms with van der Waals surface area (Å²) in [5, 5.41) is 1.13. The SMILES string of the molecule is CCOP(=O)(OCC)C(Cc1ccccc1F)c1sc2ccccc2c1CN(C)C. The molecule has 0 spiro atoms. The average molecular weight is 450 g/mol. The first-order valence-electron chi connectivity index (χ1n) is 10.2. The Morgan fingerprint density at radius 2 is 1.67 bits per heavy atom. The fourth-order valence-electron chi connectivity index (χ4n) is 3.66. The minimum absolute atomic E-state index is 0.247. The van der Waals surface area contributed by atoms with Gasteiger partial charge in [-0.05, 0) is 63.0 Å². The van der Waals surface area contributed by atoms with Crippen LogP contribution in [0.15, 0.2) is 48.5 Å². The lowest BCUT2D eigenvalue weighted by atomic mass is 10.0. The first kappa shape index (κ1) is 23.1. The topological polar surface area (TPSA) is 38.8 Å². The highest BCUT2D eigenvalue weighted by atomic mass is 32.1. The van der Waals surface area contributed by atoms with Crippen molar-refractivity contribution < 1.29 is 18.0 Å². The normalized spacial score (nSPS) is 13.3. The molecule has 0 aliphatic rings. The summed E-state index contributed by atoms with van der Waals surface area (Å²) < 4.78 is 41.2. The van der Waals surface area contributed by atoms with Crippen LogP contribution in [0.25, 0.3) is 10.1 Å². The molecule has 162 valence electrons. The molecule has 1 unspecified atom stereocenters. The van der Waals surface area contributed by atoms with Crippen LogP contribution in [0.5, 0.6) is 0 Å². The van der Waals surface area contributed by atoms with Crippen LogP contribution >= 0.6 is 18.9 Å². The Kier molecular flexibility index (Phi) is 7.83. The van der Waals surface area contributed by atoms with Crippen molar-refractivity contribution in [2.75, 3.05) is 27.3 Å². The number of fused-ring (bicyclic) bond motifs is 1. The molecule has 1 heterocycles. The van der Waals surface area contributed by atoms with Crippen LogP contribution in [0.2, 0.25) is 0 Å². The summed E-state index contributed by atoms with van der Waals surface area (Å²) in [6.07, 6.45) is 0.247. The Labute approximate surface area is 182 Å². The highest BCUT2D eigenvalue weighted by Gasteiger charge is 2.40. The van der Waals surface area contributed by atoms with Gasteiger partial charge in [0.1, 0.15) is 11.5 Å². The zero-order valence-corrected chi connectivity index (χ0v) is 19.6. The molecule has 2 aromatic carbocycles. The van der Waals surface area contributed by atoms with Gasteiger partial charge in [0.25, 0.3) is 0 Å². The van der Waals surface area contributed by atoms with E-state index in [9.17, 15) is 8.96 Å². The molecule has 0 aliphatic carbocycles. The van der Waals surface area contributed by atoms with Gasteiger partial charge in [-0.2, -0.15) is 0 Å². The van der Waals surface area contributed by atoms with Crippen LogP contribution in [0.3, 0.4) is 0 Å². The number of thiophene rings is 1. The summed E-state index contributed by atoms with van der Waals surface area (Å²) in [5.74, 6) is -0.308. The van der Waals surface area contributed by atoms with Gasteiger partial charge in [0.05, 0.1) is 13.2 Å². The molecule has 7 heteroatoms. The maximum atomic E-state index is 14.6. The largest absolute Gasteiger partial charge is 0.339 e. The van der Waals surface area contributed by atoms with Crippen molar-refractivity contribution in [1.29, 1.82) is 0 Å². The van der Waals surface area contributed by atoms with E-state index in [1.807, 2.05) is 26.2 Å². The van der Waals surface area contributed by atoms with Crippen LogP contribution in [-0.4, -0.2) is 32.2 Å². The smallest absolute Gasteiger partial charge is 0.308 e. The fraction of sp³-hybridized carbons (Fsp3) is 0.391. The van der Waals surface area contributed by atoms with Gasteiger partial charge in [-0.1, -0.05) is 36.4 Å². The molecule has 0 saturated heterocycles. The first-order valence-corrected chi connectivity index (χ1v) is 12.6. The molecule has 1 aromatic heterocycles. The molecule has 4 nitrogen and oxygen atoms in total. The lowest BCUT2D eigenvalue weighted by Crippen LogP contribution is -2.15. The number of benzene rings is 2. The molecule has 0 fully saturated rings. The van der Waals surface area contributed by atoms with Crippen molar-refractivity contribution in [1.82, 2.24) is 4.90 Å². The quantitative estimate of drug-likeness (QED) is 0.325. The molecule has 0 N–H and O–H groups in total. The second-order valence-electron chi connectivity index (χ2n) is 7.37. The summed E-state index contributed by atoms with van der Waals surface area (Å²) in [6.45, 7) is 4.82. The summed E-state index contributed by atoms with van der Waals surface area (Å²) in [4.78, 5) is 3.03. The van der Waals surface area contributed by atoms with E-state index in [1.54, 1.807) is 43.4 Å². The third-order valence-electron chi connectivity index (χ3n) is 4.88. The molecule has 3 aromatic rings. The van der Waals surface area contributed by atoms with Crippen molar-refractivity contribution in [2.24, 2.45) is 0 Å². The predicted molar refractivity (Wildman–Crippen MR) is 123 cm³/mol. The molecule has 0 radical (unpaired) electrons. The van der Waals surface area contributed by atoms with Crippen molar-refractivity contribution in [3.05, 3.63) is 70.4 Å². The zero-order chi connectivity index (χ0) is 21.7. The maximum absolute atomic E-state index is 14.6. The van der Waals surface area contributed by atoms with Crippen molar-refractivity contribution in [3.8, 4) is 0 Å². The van der Waals surface area contributed by atoms with Crippen molar-refractivity contribution in [3.63, 3.8) is 0 Å². The minimum atomic E-state index is -3.54. The number of hydrogen-bond acceptors (Lipinski definition) is 5. The molecule has 0 bridgehead atoms. The Morgan fingerprint density at radius 3 is 2.30 bits per heavy atom. The van der Waals surface area contributed by atoms with Gasteiger partial charge >= 0.3 is 7.60 Å². The zero-order valence-electron chi connectivity index (χ0n) is 17.9. The fourth-order valence-corrected chi connectivity index (χ4v) is 7.43. The van der Waals surface area contributed by atoms with Gasteiger partial charge in [-0.25, -0.2) is 4.39 Å². The third-order valence-corrected chi connectivity index (χ3v) is 8.82. The van der Waals surface area contributed by atoms with E-state index >= 15 is 0 Å². The first-order chi connectivity index (χ1) is 14.4. The maximum Gasteiger partial charge on any atom is 0.339 e. The Morgan fingerprint density at radius 1 is 1.03 bits per heavy atom. The average Bonchev–Trinajstić information content (AvgIpc) is 3.05. The van der Waals surface area contributed by atoms with Crippen LogP contribution in [0, 0.1) is 5.82 Å². The molecule has 30 heavy (non-hydrogen) atoms. The van der Waals surface area contributed by atoms with Gasteiger partial charge in [-0.3, -0.25) is 4.57 Å². The highest BCUT2D eigenvalue weighted by Crippen LogP contribution is 2.64. The van der Waals surface area contributed by atoms with Gasteiger partial charge in [0, 0.05) is 16.1 Å². The molecule has 0 aliphatic heterocycles. The van der Waals surface area contributed by atoms with E-state index in [4.69, 9.17) is 9.05 Å². The molecule has 1 atom stereocenters. The number of halogens is 1. The van der Waals surface area contributed by atoms with Crippen molar-refractivity contribution >= 4 is 29.0 Å². The summed E-state index contributed by atoms with van der Waals surface area (Å²) >= 11 is 1.60. The molecular formula is C23H29FNO3PS. The monoisotopic (exact) mass is 449 g/mol. The molecule has 3 rings (SSSR count). The van der Waals surface area contributed by atoms with E-state index in [0.29, 0.717) is 12.1 Å². The van der Waals surface area contributed by atoms with Gasteiger partial charge in [-0.15, -0.1) is 11.3 Å². The molecule has 0 saturated carbocycles. The second-order valence-corrected chi connectivity index (χ2v) is 10.7. The van der Waals surface area contributed by atoms with Gasteiger partial charge < -0.3 is 13.9 Å². The summed E-state index contributed by atoms with van der Waals surface area (Å²) in [7, 11) is 0.476. The van der Waals surface area contributed by atoms with Crippen LogP contribution in [0.1, 0.15) is 35.5 Å². The van der Waals surface area contributed by atoms with E-state index in [0.717, 1.165) is 20.5 Å². The van der Waals surface area contributed by atoms with Gasteiger partial charge in [0.2, 0.25) is 0 Å². The van der Waals surface area contributed by atoms with E-state index < -0.39 is 13.3 Å². The predicted octanol–water partition coefficient (Wildman–Crippen LogP) is 6.65. The Balaban J connectivity index is 2.21. The summed E-state index contributed by atoms with van der Waals surface area (Å²) in [6, 6.07) is 14.8. The number of rotatable bonds is 10. The van der Waals surface area contributed by atoms with Crippen LogP contribution < -0.4 is 0 Å². The van der Waals surface area contributed by atoms with Crippen LogP contribution in [0.4, 0.5) is 4.39 Å². The molecule has 0 amide bonds. The third kappa shape index (κ3) is 5.01. The standard InChI is InChI=1S/C23H29FNO3PS/c1-5-27-29(26,28-6-2)21(15-17-11-7-9-13-20(17)24)23-19(16-25(3)4)18-12-8-10-14-22(18)30-23/h7-14,21H,5-6,15-16H2,1-4H3. The van der Waals surface area contributed by atoms with Crippen molar-refractivity contribution in [2.45, 2.75) is 32.5 Å². The Hall–Kier alpha value is -1.56. The minimum Gasteiger partial charge on any atom is -0.308 e.